The van der Waals surface area contributed by atoms with Crippen molar-refractivity contribution in [3.63, 3.8) is 0 Å². The molecule has 2 rings (SSSR count). The lowest BCUT2D eigenvalue weighted by Crippen LogP contribution is -2.30. The minimum absolute atomic E-state index is 0.289. The topological polar surface area (TPSA) is 21.3 Å². The number of nitrogens with one attached hydrogen (secondary N) is 1. The van der Waals surface area contributed by atoms with Crippen LogP contribution in [0.5, 0.6) is 5.75 Å². The largest absolute Gasteiger partial charge is 0.489 e. The van der Waals surface area contributed by atoms with Gasteiger partial charge in [0, 0.05) is 12.6 Å². The smallest absolute Gasteiger partial charge is 0.165 e. The monoisotopic (exact) mass is 223 g/mol. The number of ether oxygens (including phenoxy) is 1. The highest BCUT2D eigenvalue weighted by Crippen LogP contribution is 2.17. The third-order valence-corrected chi connectivity index (χ3v) is 2.98. The third kappa shape index (κ3) is 3.20. The van der Waals surface area contributed by atoms with Gasteiger partial charge in [-0.05, 0) is 25.0 Å². The molecule has 0 radical (unpaired) electrons. The number of para-hydroxylation sites is 1. The number of halogens is 1. The average molecular weight is 223 g/mol. The van der Waals surface area contributed by atoms with Gasteiger partial charge in [0.05, 0.1) is 0 Å². The van der Waals surface area contributed by atoms with Gasteiger partial charge in [-0.3, -0.25) is 0 Å². The van der Waals surface area contributed by atoms with Crippen molar-refractivity contribution >= 4 is 0 Å². The van der Waals surface area contributed by atoms with Crippen LogP contribution in [0, 0.1) is 5.82 Å². The summed E-state index contributed by atoms with van der Waals surface area (Å²) in [6.45, 7) is 1.32. The first-order valence-electron chi connectivity index (χ1n) is 5.97. The molecule has 2 nitrogen and oxygen atoms in total. The molecule has 0 spiro atoms. The van der Waals surface area contributed by atoms with Crippen molar-refractivity contribution in [3.8, 4) is 5.75 Å². The van der Waals surface area contributed by atoms with E-state index in [1.165, 1.54) is 31.7 Å². The molecule has 0 aliphatic heterocycles. The van der Waals surface area contributed by atoms with Crippen molar-refractivity contribution in [2.24, 2.45) is 0 Å². The zero-order chi connectivity index (χ0) is 11.2. The molecular formula is C13H18FNO. The van der Waals surface area contributed by atoms with Crippen molar-refractivity contribution in [1.82, 2.24) is 5.32 Å². The van der Waals surface area contributed by atoms with Crippen molar-refractivity contribution in [1.29, 1.82) is 0 Å². The van der Waals surface area contributed by atoms with Crippen LogP contribution in [0.15, 0.2) is 24.3 Å². The molecule has 0 bridgehead atoms. The summed E-state index contributed by atoms with van der Waals surface area (Å²) in [6.07, 6.45) is 5.18. The summed E-state index contributed by atoms with van der Waals surface area (Å²) in [5, 5.41) is 3.42. The van der Waals surface area contributed by atoms with E-state index in [0.717, 1.165) is 6.54 Å². The second kappa shape index (κ2) is 5.85. The van der Waals surface area contributed by atoms with E-state index in [9.17, 15) is 4.39 Å². The van der Waals surface area contributed by atoms with Gasteiger partial charge < -0.3 is 10.1 Å². The van der Waals surface area contributed by atoms with E-state index >= 15 is 0 Å². The van der Waals surface area contributed by atoms with Crippen molar-refractivity contribution in [3.05, 3.63) is 30.1 Å². The van der Waals surface area contributed by atoms with Crippen LogP contribution in [0.25, 0.3) is 0 Å². The molecule has 0 aromatic heterocycles. The van der Waals surface area contributed by atoms with Crippen LogP contribution in [0.1, 0.15) is 25.7 Å². The van der Waals surface area contributed by atoms with Crippen LogP contribution in [0.2, 0.25) is 0 Å². The molecule has 0 saturated heterocycles. The fraction of sp³-hybridized carbons (Fsp3) is 0.538. The van der Waals surface area contributed by atoms with Crippen LogP contribution in [-0.4, -0.2) is 19.2 Å². The molecule has 0 atom stereocenters. The Morgan fingerprint density at radius 3 is 2.75 bits per heavy atom. The Bertz CT molecular complexity index is 323. The van der Waals surface area contributed by atoms with Crippen molar-refractivity contribution in [2.45, 2.75) is 31.7 Å². The molecule has 1 saturated carbocycles. The number of hydrogen-bond donors (Lipinski definition) is 1. The van der Waals surface area contributed by atoms with Gasteiger partial charge in [0.1, 0.15) is 6.61 Å². The molecule has 88 valence electrons. The van der Waals surface area contributed by atoms with E-state index in [1.807, 2.05) is 0 Å². The molecule has 0 amide bonds. The minimum atomic E-state index is -0.289. The molecule has 1 aromatic rings. The fourth-order valence-corrected chi connectivity index (χ4v) is 2.12. The molecule has 1 aliphatic carbocycles. The summed E-state index contributed by atoms with van der Waals surface area (Å²) in [5.41, 5.74) is 0. The maximum atomic E-state index is 13.2. The van der Waals surface area contributed by atoms with Gasteiger partial charge >= 0.3 is 0 Å². The summed E-state index contributed by atoms with van der Waals surface area (Å²) in [6, 6.07) is 7.16. The van der Waals surface area contributed by atoms with Crippen molar-refractivity contribution in [2.75, 3.05) is 13.2 Å². The molecule has 1 aromatic carbocycles. The van der Waals surface area contributed by atoms with Gasteiger partial charge in [-0.2, -0.15) is 0 Å². The Morgan fingerprint density at radius 1 is 1.25 bits per heavy atom. The van der Waals surface area contributed by atoms with Gasteiger partial charge in [0.25, 0.3) is 0 Å². The standard InChI is InChI=1S/C13H18FNO/c14-12-7-3-4-8-13(12)16-10-9-15-11-5-1-2-6-11/h3-4,7-8,11,15H,1-2,5-6,9-10H2. The Hall–Kier alpha value is -1.09. The summed E-state index contributed by atoms with van der Waals surface area (Å²) in [5.74, 6) is 0.0547. The highest BCUT2D eigenvalue weighted by molar-refractivity contribution is 5.23. The van der Waals surface area contributed by atoms with Gasteiger partial charge in [-0.25, -0.2) is 4.39 Å². The summed E-state index contributed by atoms with van der Waals surface area (Å²) in [4.78, 5) is 0. The molecule has 0 heterocycles. The van der Waals surface area contributed by atoms with Crippen LogP contribution in [-0.2, 0) is 0 Å². The molecule has 3 heteroatoms. The second-order valence-electron chi connectivity index (χ2n) is 4.21. The predicted molar refractivity (Wildman–Crippen MR) is 62.2 cm³/mol. The lowest BCUT2D eigenvalue weighted by atomic mass is 10.2. The third-order valence-electron chi connectivity index (χ3n) is 2.98. The van der Waals surface area contributed by atoms with E-state index in [1.54, 1.807) is 18.2 Å². The normalized spacial score (nSPS) is 16.6. The summed E-state index contributed by atoms with van der Waals surface area (Å²) < 4.78 is 18.5. The van der Waals surface area contributed by atoms with Gasteiger partial charge in [-0.15, -0.1) is 0 Å². The Kier molecular flexibility index (Phi) is 4.17. The van der Waals surface area contributed by atoms with E-state index in [2.05, 4.69) is 5.32 Å². The Labute approximate surface area is 95.8 Å². The second-order valence-corrected chi connectivity index (χ2v) is 4.21. The molecule has 0 unspecified atom stereocenters. The van der Waals surface area contributed by atoms with Crippen LogP contribution in [0.3, 0.4) is 0 Å². The maximum Gasteiger partial charge on any atom is 0.165 e. The predicted octanol–water partition coefficient (Wildman–Crippen LogP) is 2.74. The van der Waals surface area contributed by atoms with Crippen LogP contribution in [0.4, 0.5) is 4.39 Å². The Balaban J connectivity index is 1.66. The highest BCUT2D eigenvalue weighted by atomic mass is 19.1. The van der Waals surface area contributed by atoms with E-state index in [-0.39, 0.29) is 5.82 Å². The summed E-state index contributed by atoms with van der Waals surface area (Å²) >= 11 is 0. The lowest BCUT2D eigenvalue weighted by molar-refractivity contribution is 0.291. The first kappa shape index (κ1) is 11.4. The van der Waals surface area contributed by atoms with Crippen LogP contribution < -0.4 is 10.1 Å². The molecule has 1 aliphatic rings. The highest BCUT2D eigenvalue weighted by Gasteiger charge is 2.13. The first-order valence-corrected chi connectivity index (χ1v) is 5.97. The van der Waals surface area contributed by atoms with E-state index in [0.29, 0.717) is 18.4 Å². The Morgan fingerprint density at radius 2 is 2.00 bits per heavy atom. The fourth-order valence-electron chi connectivity index (χ4n) is 2.12. The molecule has 16 heavy (non-hydrogen) atoms. The molecular weight excluding hydrogens is 205 g/mol. The van der Waals surface area contributed by atoms with Gasteiger partial charge in [0.15, 0.2) is 11.6 Å². The van der Waals surface area contributed by atoms with E-state index in [4.69, 9.17) is 4.74 Å². The van der Waals surface area contributed by atoms with Gasteiger partial charge in [-0.1, -0.05) is 25.0 Å². The summed E-state index contributed by atoms with van der Waals surface area (Å²) in [7, 11) is 0. The number of hydrogen-bond acceptors (Lipinski definition) is 2. The molecule has 1 N–H and O–H groups in total. The van der Waals surface area contributed by atoms with Crippen LogP contribution >= 0.6 is 0 Å². The first-order chi connectivity index (χ1) is 7.86. The SMILES string of the molecule is Fc1ccccc1OCCNC1CCCC1. The average Bonchev–Trinajstić information content (AvgIpc) is 2.79. The number of rotatable bonds is 5. The zero-order valence-corrected chi connectivity index (χ0v) is 9.42. The zero-order valence-electron chi connectivity index (χ0n) is 9.42. The maximum absolute atomic E-state index is 13.2. The lowest BCUT2D eigenvalue weighted by Gasteiger charge is -2.12. The number of benzene rings is 1. The molecule has 1 fully saturated rings. The van der Waals surface area contributed by atoms with Gasteiger partial charge in [0.2, 0.25) is 0 Å². The quantitative estimate of drug-likeness (QED) is 0.775. The van der Waals surface area contributed by atoms with Crippen molar-refractivity contribution < 1.29 is 9.13 Å². The minimum Gasteiger partial charge on any atom is -0.489 e. The van der Waals surface area contributed by atoms with E-state index < -0.39 is 0 Å².